The molecule has 4 nitrogen and oxygen atoms in total. The number of hydrogen-bond acceptors (Lipinski definition) is 4. The van der Waals surface area contributed by atoms with Crippen LogP contribution in [-0.2, 0) is 9.47 Å². The number of ether oxygens (including phenoxy) is 2. The Morgan fingerprint density at radius 3 is 2.13 bits per heavy atom. The lowest BCUT2D eigenvalue weighted by Gasteiger charge is -2.27. The van der Waals surface area contributed by atoms with Gasteiger partial charge >= 0.3 is 11.9 Å². The number of esters is 2. The summed E-state index contributed by atoms with van der Waals surface area (Å²) in [6, 6.07) is 6.62. The first-order valence-electron chi connectivity index (χ1n) is 8.24. The molecule has 0 heterocycles. The van der Waals surface area contributed by atoms with Gasteiger partial charge in [-0.05, 0) is 30.9 Å². The van der Waals surface area contributed by atoms with Crippen LogP contribution in [0, 0.1) is 5.41 Å². The highest BCUT2D eigenvalue weighted by atomic mass is 16.5. The van der Waals surface area contributed by atoms with E-state index in [-0.39, 0.29) is 22.6 Å². The van der Waals surface area contributed by atoms with E-state index in [1.807, 2.05) is 27.7 Å². The van der Waals surface area contributed by atoms with Crippen LogP contribution in [-0.4, -0.2) is 24.6 Å². The van der Waals surface area contributed by atoms with Gasteiger partial charge in [0.15, 0.2) is 0 Å². The monoisotopic (exact) mass is 320 g/mol. The van der Waals surface area contributed by atoms with Crippen molar-refractivity contribution in [2.45, 2.75) is 60.0 Å². The zero-order chi connectivity index (χ0) is 17.5. The third-order valence-electron chi connectivity index (χ3n) is 3.85. The van der Waals surface area contributed by atoms with Crippen LogP contribution in [0.2, 0.25) is 0 Å². The van der Waals surface area contributed by atoms with E-state index in [4.69, 9.17) is 9.47 Å². The first-order chi connectivity index (χ1) is 10.8. The van der Waals surface area contributed by atoms with Gasteiger partial charge in [0.2, 0.25) is 0 Å². The van der Waals surface area contributed by atoms with Crippen molar-refractivity contribution in [1.82, 2.24) is 0 Å². The molecule has 1 aromatic rings. The first kappa shape index (κ1) is 19.2. The standard InChI is InChI=1S/C19H28O4/c1-6-7-10-13-22-17(20)15-11-8-9-12-16(15)18(21)23-14(2)19(3,4)5/h8-9,11-12,14H,6-7,10,13H2,1-5H3. The van der Waals surface area contributed by atoms with Gasteiger partial charge in [-0.2, -0.15) is 0 Å². The van der Waals surface area contributed by atoms with Gasteiger partial charge in [-0.1, -0.05) is 52.7 Å². The Morgan fingerprint density at radius 2 is 1.61 bits per heavy atom. The van der Waals surface area contributed by atoms with Gasteiger partial charge in [0.25, 0.3) is 0 Å². The van der Waals surface area contributed by atoms with Crippen molar-refractivity contribution in [2.75, 3.05) is 6.61 Å². The summed E-state index contributed by atoms with van der Waals surface area (Å²) in [5.74, 6) is -0.967. The summed E-state index contributed by atoms with van der Waals surface area (Å²) in [6.45, 7) is 10.3. The molecule has 1 rings (SSSR count). The summed E-state index contributed by atoms with van der Waals surface area (Å²) in [5, 5.41) is 0. The van der Waals surface area contributed by atoms with E-state index < -0.39 is 11.9 Å². The molecular formula is C19H28O4. The summed E-state index contributed by atoms with van der Waals surface area (Å²) in [4.78, 5) is 24.6. The summed E-state index contributed by atoms with van der Waals surface area (Å²) in [6.07, 6.45) is 2.64. The second kappa shape index (κ2) is 8.70. The van der Waals surface area contributed by atoms with Crippen LogP contribution >= 0.6 is 0 Å². The highest BCUT2D eigenvalue weighted by molar-refractivity contribution is 6.03. The third kappa shape index (κ3) is 6.05. The molecule has 0 radical (unpaired) electrons. The highest BCUT2D eigenvalue weighted by Gasteiger charge is 2.26. The number of carbonyl (C=O) groups excluding carboxylic acids is 2. The number of rotatable bonds is 7. The normalized spacial score (nSPS) is 12.6. The molecule has 0 aliphatic carbocycles. The lowest BCUT2D eigenvalue weighted by Crippen LogP contribution is -2.29. The minimum absolute atomic E-state index is 0.161. The van der Waals surface area contributed by atoms with Gasteiger partial charge in [-0.3, -0.25) is 0 Å². The maximum absolute atomic E-state index is 12.4. The molecule has 128 valence electrons. The van der Waals surface area contributed by atoms with Crippen molar-refractivity contribution < 1.29 is 19.1 Å². The molecule has 23 heavy (non-hydrogen) atoms. The summed E-state index contributed by atoms with van der Waals surface area (Å²) in [7, 11) is 0. The van der Waals surface area contributed by atoms with E-state index in [1.54, 1.807) is 24.3 Å². The SMILES string of the molecule is CCCCCOC(=O)c1ccccc1C(=O)OC(C)C(C)(C)C. The van der Waals surface area contributed by atoms with E-state index in [0.29, 0.717) is 6.61 Å². The molecule has 1 aromatic carbocycles. The Hall–Kier alpha value is -1.84. The molecule has 0 N–H and O–H groups in total. The fourth-order valence-corrected chi connectivity index (χ4v) is 1.83. The average molecular weight is 320 g/mol. The minimum atomic E-state index is -0.492. The topological polar surface area (TPSA) is 52.6 Å². The maximum atomic E-state index is 12.4. The van der Waals surface area contributed by atoms with Crippen LogP contribution < -0.4 is 0 Å². The Morgan fingerprint density at radius 1 is 1.04 bits per heavy atom. The van der Waals surface area contributed by atoms with E-state index in [1.165, 1.54) is 0 Å². The van der Waals surface area contributed by atoms with Crippen molar-refractivity contribution in [3.05, 3.63) is 35.4 Å². The lowest BCUT2D eigenvalue weighted by molar-refractivity contribution is 0.00437. The van der Waals surface area contributed by atoms with Crippen molar-refractivity contribution in [3.8, 4) is 0 Å². The number of hydrogen-bond donors (Lipinski definition) is 0. The molecule has 0 fully saturated rings. The van der Waals surface area contributed by atoms with Crippen LogP contribution in [0.15, 0.2) is 24.3 Å². The van der Waals surface area contributed by atoms with Crippen LogP contribution in [0.25, 0.3) is 0 Å². The van der Waals surface area contributed by atoms with E-state index in [0.717, 1.165) is 19.3 Å². The average Bonchev–Trinajstić information content (AvgIpc) is 2.50. The van der Waals surface area contributed by atoms with Crippen molar-refractivity contribution >= 4 is 11.9 Å². The smallest absolute Gasteiger partial charge is 0.339 e. The van der Waals surface area contributed by atoms with Crippen LogP contribution in [0.5, 0.6) is 0 Å². The lowest BCUT2D eigenvalue weighted by atomic mass is 9.90. The molecule has 0 aliphatic heterocycles. The summed E-state index contributed by atoms with van der Waals surface area (Å²) < 4.78 is 10.7. The van der Waals surface area contributed by atoms with Gasteiger partial charge in [0, 0.05) is 0 Å². The van der Waals surface area contributed by atoms with Gasteiger partial charge in [0.1, 0.15) is 6.10 Å². The molecule has 0 saturated heterocycles. The van der Waals surface area contributed by atoms with Gasteiger partial charge < -0.3 is 9.47 Å². The largest absolute Gasteiger partial charge is 0.462 e. The molecule has 0 bridgehead atoms. The first-order valence-corrected chi connectivity index (χ1v) is 8.24. The van der Waals surface area contributed by atoms with Gasteiger partial charge in [0.05, 0.1) is 17.7 Å². The number of benzene rings is 1. The predicted octanol–water partition coefficient (Wildman–Crippen LogP) is 4.63. The van der Waals surface area contributed by atoms with Gasteiger partial charge in [-0.15, -0.1) is 0 Å². The van der Waals surface area contributed by atoms with Crippen LogP contribution in [0.4, 0.5) is 0 Å². The Kier molecular flexibility index (Phi) is 7.27. The predicted molar refractivity (Wildman–Crippen MR) is 90.6 cm³/mol. The quantitative estimate of drug-likeness (QED) is 0.543. The molecule has 4 heteroatoms. The number of carbonyl (C=O) groups is 2. The maximum Gasteiger partial charge on any atom is 0.339 e. The minimum Gasteiger partial charge on any atom is -0.462 e. The van der Waals surface area contributed by atoms with Crippen molar-refractivity contribution in [2.24, 2.45) is 5.41 Å². The van der Waals surface area contributed by atoms with E-state index >= 15 is 0 Å². The molecule has 0 aliphatic rings. The van der Waals surface area contributed by atoms with E-state index in [9.17, 15) is 9.59 Å². The molecule has 0 spiro atoms. The molecule has 0 saturated carbocycles. The van der Waals surface area contributed by atoms with Crippen molar-refractivity contribution in [3.63, 3.8) is 0 Å². The number of unbranched alkanes of at least 4 members (excludes halogenated alkanes) is 2. The zero-order valence-electron chi connectivity index (χ0n) is 14.8. The Balaban J connectivity index is 2.80. The Bertz CT molecular complexity index is 528. The molecule has 1 unspecified atom stereocenters. The zero-order valence-corrected chi connectivity index (χ0v) is 14.8. The molecule has 1 atom stereocenters. The second-order valence-electron chi connectivity index (χ2n) is 6.80. The fraction of sp³-hybridized carbons (Fsp3) is 0.579. The van der Waals surface area contributed by atoms with Crippen molar-refractivity contribution in [1.29, 1.82) is 0 Å². The summed E-state index contributed by atoms with van der Waals surface area (Å²) >= 11 is 0. The third-order valence-corrected chi connectivity index (χ3v) is 3.85. The summed E-state index contributed by atoms with van der Waals surface area (Å²) in [5.41, 5.74) is 0.352. The van der Waals surface area contributed by atoms with Gasteiger partial charge in [-0.25, -0.2) is 9.59 Å². The van der Waals surface area contributed by atoms with Crippen LogP contribution in [0.1, 0.15) is 74.6 Å². The fourth-order valence-electron chi connectivity index (χ4n) is 1.83. The van der Waals surface area contributed by atoms with Crippen LogP contribution in [0.3, 0.4) is 0 Å². The molecule has 0 amide bonds. The second-order valence-corrected chi connectivity index (χ2v) is 6.80. The molecular weight excluding hydrogens is 292 g/mol. The molecule has 0 aromatic heterocycles. The Labute approximate surface area is 139 Å². The highest BCUT2D eigenvalue weighted by Crippen LogP contribution is 2.23. The van der Waals surface area contributed by atoms with E-state index in [2.05, 4.69) is 6.92 Å².